The van der Waals surface area contributed by atoms with Gasteiger partial charge in [-0.1, -0.05) is 79.4 Å². The van der Waals surface area contributed by atoms with E-state index in [4.69, 9.17) is 37.9 Å². The number of rotatable bonds is 22. The lowest BCUT2D eigenvalue weighted by atomic mass is 9.70. The Balaban J connectivity index is 2.29. The van der Waals surface area contributed by atoms with Gasteiger partial charge in [-0.3, -0.25) is 38.4 Å². The van der Waals surface area contributed by atoms with Crippen molar-refractivity contribution in [1.29, 1.82) is 0 Å². The first-order valence-electron chi connectivity index (χ1n) is 19.8. The van der Waals surface area contributed by atoms with E-state index in [0.29, 0.717) is 33.4 Å². The number of methoxy groups -OCH3 is 8. The lowest BCUT2D eigenvalue weighted by Gasteiger charge is -2.33. The molecule has 0 saturated heterocycles. The maximum absolute atomic E-state index is 14.2. The molecule has 0 N–H and O–H groups in total. The fourth-order valence-electron chi connectivity index (χ4n) is 7.88. The van der Waals surface area contributed by atoms with Crippen LogP contribution in [0.25, 0.3) is 0 Å². The van der Waals surface area contributed by atoms with Crippen molar-refractivity contribution in [2.45, 2.75) is 44.9 Å². The molecule has 0 radical (unpaired) electrons. The Kier molecular flexibility index (Phi) is 18.8. The summed E-state index contributed by atoms with van der Waals surface area (Å²) in [7, 11) is 8.89. The van der Waals surface area contributed by atoms with Gasteiger partial charge in [0.2, 0.25) is 0 Å². The fraction of sp³-hybridized carbons (Fsp3) is 0.396. The smallest absolute Gasteiger partial charge is 0.323 e. The number of hydrogen-bond donors (Lipinski definition) is 0. The summed E-state index contributed by atoms with van der Waals surface area (Å²) in [6, 6.07) is 19.5. The van der Waals surface area contributed by atoms with E-state index in [1.807, 2.05) is 0 Å². The minimum atomic E-state index is -2.15. The van der Waals surface area contributed by atoms with Crippen molar-refractivity contribution in [1.82, 2.24) is 0 Å². The number of esters is 8. The predicted octanol–water partition coefficient (Wildman–Crippen LogP) is 4.03. The number of allylic oxidation sites excluding steroid dienone is 1. The van der Waals surface area contributed by atoms with Crippen molar-refractivity contribution in [3.63, 3.8) is 0 Å². The zero-order valence-corrected chi connectivity index (χ0v) is 37.3. The molecule has 0 atom stereocenters. The highest BCUT2D eigenvalue weighted by molar-refractivity contribution is 6.03. The third kappa shape index (κ3) is 11.1. The van der Waals surface area contributed by atoms with E-state index in [0.717, 1.165) is 56.9 Å². The highest BCUT2D eigenvalue weighted by atomic mass is 16.6. The van der Waals surface area contributed by atoms with Crippen LogP contribution in [0.4, 0.5) is 0 Å². The maximum Gasteiger partial charge on any atom is 0.323 e. The molecule has 0 aliphatic rings. The van der Waals surface area contributed by atoms with Crippen LogP contribution in [0.3, 0.4) is 0 Å². The molecular weight excluding hydrogens is 833 g/mol. The quantitative estimate of drug-likeness (QED) is 0.0603. The van der Waals surface area contributed by atoms with Gasteiger partial charge in [-0.15, -0.1) is 5.73 Å². The Morgan fingerprint density at radius 1 is 0.438 bits per heavy atom. The van der Waals surface area contributed by atoms with Crippen LogP contribution in [0.2, 0.25) is 0 Å². The minimum absolute atomic E-state index is 0.208. The summed E-state index contributed by atoms with van der Waals surface area (Å²) in [6.07, 6.45) is -0.882. The summed E-state index contributed by atoms with van der Waals surface area (Å²) in [6.45, 7) is 3.55. The van der Waals surface area contributed by atoms with Crippen molar-refractivity contribution >= 4 is 47.8 Å². The largest absolute Gasteiger partial charge is 0.468 e. The molecule has 0 saturated carbocycles. The molecule has 0 aliphatic carbocycles. The molecule has 3 rings (SSSR count). The van der Waals surface area contributed by atoms with E-state index in [1.165, 1.54) is 6.08 Å². The van der Waals surface area contributed by atoms with Crippen LogP contribution in [-0.2, 0) is 115 Å². The zero-order chi connectivity index (χ0) is 47.7. The first-order valence-corrected chi connectivity index (χ1v) is 19.8. The van der Waals surface area contributed by atoms with Crippen LogP contribution in [0.1, 0.15) is 39.8 Å². The average Bonchev–Trinajstić information content (AvgIpc) is 3.33. The van der Waals surface area contributed by atoms with Crippen molar-refractivity contribution in [3.8, 4) is 0 Å². The molecule has 0 amide bonds. The second kappa shape index (κ2) is 23.4. The lowest BCUT2D eigenvalue weighted by Crippen LogP contribution is -2.47. The second-order valence-electron chi connectivity index (χ2n) is 14.8. The summed E-state index contributed by atoms with van der Waals surface area (Å²) < 4.78 is 41.0. The minimum Gasteiger partial charge on any atom is -0.468 e. The average molecular weight is 887 g/mol. The molecule has 3 aromatic rings. The van der Waals surface area contributed by atoms with Crippen LogP contribution in [0.15, 0.2) is 91.2 Å². The summed E-state index contributed by atoms with van der Waals surface area (Å²) >= 11 is 0. The molecule has 0 spiro atoms. The van der Waals surface area contributed by atoms with Gasteiger partial charge < -0.3 is 37.9 Å². The summed E-state index contributed by atoms with van der Waals surface area (Å²) in [5, 5.41) is 0. The van der Waals surface area contributed by atoms with E-state index >= 15 is 0 Å². The molecule has 16 heteroatoms. The molecule has 342 valence electrons. The lowest BCUT2D eigenvalue weighted by molar-refractivity contribution is -0.171. The Morgan fingerprint density at radius 3 is 0.953 bits per heavy atom. The first kappa shape index (κ1) is 51.3. The molecule has 0 fully saturated rings. The normalized spacial score (nSPS) is 11.3. The molecule has 0 heterocycles. The van der Waals surface area contributed by atoms with Gasteiger partial charge in [-0.25, -0.2) is 0 Å². The Morgan fingerprint density at radius 2 is 0.688 bits per heavy atom. The summed E-state index contributed by atoms with van der Waals surface area (Å²) in [5.74, 6) is -8.90. The molecule has 0 aliphatic heterocycles. The number of ether oxygens (including phenoxy) is 8. The summed E-state index contributed by atoms with van der Waals surface area (Å²) in [4.78, 5) is 109. The molecule has 0 aromatic heterocycles. The molecule has 0 bridgehead atoms. The van der Waals surface area contributed by atoms with E-state index in [-0.39, 0.29) is 32.1 Å². The zero-order valence-electron chi connectivity index (χ0n) is 37.3. The fourth-order valence-corrected chi connectivity index (χ4v) is 7.88. The van der Waals surface area contributed by atoms with Crippen molar-refractivity contribution in [3.05, 3.63) is 125 Å². The molecule has 64 heavy (non-hydrogen) atoms. The number of carbonyl (C=O) groups is 8. The van der Waals surface area contributed by atoms with Crippen LogP contribution in [0.5, 0.6) is 0 Å². The monoisotopic (exact) mass is 886 g/mol. The van der Waals surface area contributed by atoms with Gasteiger partial charge in [0.25, 0.3) is 0 Å². The van der Waals surface area contributed by atoms with Crippen molar-refractivity contribution in [2.24, 2.45) is 22.2 Å². The van der Waals surface area contributed by atoms with Crippen LogP contribution in [-0.4, -0.2) is 105 Å². The van der Waals surface area contributed by atoms with E-state index < -0.39 is 82.8 Å². The highest BCUT2D eigenvalue weighted by Gasteiger charge is 2.53. The van der Waals surface area contributed by atoms with Gasteiger partial charge in [0, 0.05) is 0 Å². The van der Waals surface area contributed by atoms with Gasteiger partial charge in [-0.05, 0) is 84.4 Å². The third-order valence-corrected chi connectivity index (χ3v) is 11.3. The van der Waals surface area contributed by atoms with Gasteiger partial charge in [0.05, 0.1) is 56.9 Å². The van der Waals surface area contributed by atoms with Crippen molar-refractivity contribution < 1.29 is 76.3 Å². The first-order chi connectivity index (χ1) is 30.6. The van der Waals surface area contributed by atoms with Crippen LogP contribution in [0, 0.1) is 22.2 Å². The second-order valence-corrected chi connectivity index (χ2v) is 14.8. The summed E-state index contributed by atoms with van der Waals surface area (Å²) in [5.41, 5.74) is -1.50. The molecule has 16 nitrogen and oxygen atoms in total. The van der Waals surface area contributed by atoms with Crippen molar-refractivity contribution in [2.75, 3.05) is 56.9 Å². The van der Waals surface area contributed by atoms with E-state index in [2.05, 4.69) is 12.3 Å². The van der Waals surface area contributed by atoms with Crippen LogP contribution < -0.4 is 0 Å². The Labute approximate surface area is 371 Å². The number of benzene rings is 3. The molecule has 3 aromatic carbocycles. The number of carbonyl (C=O) groups excluding carboxylic acids is 8. The van der Waals surface area contributed by atoms with E-state index in [1.54, 1.807) is 72.8 Å². The number of hydrogen-bond acceptors (Lipinski definition) is 16. The van der Waals surface area contributed by atoms with Gasteiger partial charge in [0.1, 0.15) is 0 Å². The Hall–Kier alpha value is -7.06. The maximum atomic E-state index is 14.2. The topological polar surface area (TPSA) is 210 Å². The standard InChI is InChI=1S/C48H54O16/c1-10-11-24-46(40(51)59-4,41(52)60-5)26-33-20-14-15-21-34(33)28-48(44(55)63-8,45(56)64-9)30-36-23-17-16-22-35(36)29-47(42(53)61-6,43(54)62-7)27-32-19-13-12-18-31(32)25-37(38(49)57-2)39(50)58-3/h11-23,37H,1,24-30H2,2-9H3. The van der Waals surface area contributed by atoms with Gasteiger partial charge in [-0.2, -0.15) is 0 Å². The van der Waals surface area contributed by atoms with Gasteiger partial charge >= 0.3 is 47.8 Å². The SMILES string of the molecule is C=C=CCC(Cc1ccccc1CC(Cc1ccccc1CC(Cc1ccccc1CC(C(=O)OC)C(=O)OC)(C(=O)OC)C(=O)OC)(C(=O)OC)C(=O)OC)(C(=O)OC)C(=O)OC. The Bertz CT molecular complexity index is 2190. The predicted molar refractivity (Wildman–Crippen MR) is 227 cm³/mol. The van der Waals surface area contributed by atoms with E-state index in [9.17, 15) is 38.4 Å². The van der Waals surface area contributed by atoms with Gasteiger partial charge in [0.15, 0.2) is 22.2 Å². The molecular formula is C48H54O16. The van der Waals surface area contributed by atoms with Crippen LogP contribution >= 0.6 is 0 Å². The highest BCUT2D eigenvalue weighted by Crippen LogP contribution is 2.40. The molecule has 0 unspecified atom stereocenters. The third-order valence-electron chi connectivity index (χ3n) is 11.3.